The molecule has 0 bridgehead atoms. The van der Waals surface area contributed by atoms with Gasteiger partial charge in [-0.05, 0) is 61.4 Å². The first-order valence-corrected chi connectivity index (χ1v) is 7.37. The summed E-state index contributed by atoms with van der Waals surface area (Å²) < 4.78 is 0. The van der Waals surface area contributed by atoms with Gasteiger partial charge in [-0.2, -0.15) is 0 Å². The maximum Gasteiger partial charge on any atom is 0.0422 e. The summed E-state index contributed by atoms with van der Waals surface area (Å²) in [6.07, 6.45) is 1.94. The molecule has 0 saturated heterocycles. The average molecular weight is 267 g/mol. The molecule has 1 nitrogen and oxygen atoms in total. The maximum absolute atomic E-state index is 6.60. The Morgan fingerprint density at radius 2 is 1.50 bits per heavy atom. The van der Waals surface area contributed by atoms with Crippen LogP contribution in [0.4, 0.5) is 0 Å². The van der Waals surface area contributed by atoms with Gasteiger partial charge in [0, 0.05) is 5.54 Å². The van der Waals surface area contributed by atoms with Crippen LogP contribution in [0.5, 0.6) is 0 Å². The number of rotatable bonds is 4. The molecular formula is C19H25N. The van der Waals surface area contributed by atoms with Crippen molar-refractivity contribution in [3.63, 3.8) is 0 Å². The van der Waals surface area contributed by atoms with Gasteiger partial charge >= 0.3 is 0 Å². The van der Waals surface area contributed by atoms with Crippen LogP contribution in [0.3, 0.4) is 0 Å². The highest BCUT2D eigenvalue weighted by molar-refractivity contribution is 5.37. The average Bonchev–Trinajstić information content (AvgIpc) is 2.43. The lowest BCUT2D eigenvalue weighted by Gasteiger charge is -2.27. The number of aryl methyl sites for hydroxylation is 3. The molecule has 0 heterocycles. The highest BCUT2D eigenvalue weighted by atomic mass is 14.7. The topological polar surface area (TPSA) is 26.0 Å². The minimum atomic E-state index is -0.330. The van der Waals surface area contributed by atoms with E-state index < -0.39 is 0 Å². The summed E-state index contributed by atoms with van der Waals surface area (Å²) in [7, 11) is 0. The largest absolute Gasteiger partial charge is 0.321 e. The number of hydrogen-bond donors (Lipinski definition) is 1. The monoisotopic (exact) mass is 267 g/mol. The Bertz CT molecular complexity index is 559. The molecule has 0 radical (unpaired) electrons. The van der Waals surface area contributed by atoms with Gasteiger partial charge in [-0.15, -0.1) is 0 Å². The Balaban J connectivity index is 2.30. The quantitative estimate of drug-likeness (QED) is 0.879. The van der Waals surface area contributed by atoms with Crippen LogP contribution in [0.1, 0.15) is 41.7 Å². The smallest absolute Gasteiger partial charge is 0.0422 e. The molecule has 0 aliphatic heterocycles. The fourth-order valence-corrected chi connectivity index (χ4v) is 2.72. The van der Waals surface area contributed by atoms with Crippen LogP contribution in [0.2, 0.25) is 0 Å². The van der Waals surface area contributed by atoms with Crippen LogP contribution in [-0.4, -0.2) is 0 Å². The minimum Gasteiger partial charge on any atom is -0.321 e. The summed E-state index contributed by atoms with van der Waals surface area (Å²) in [6, 6.07) is 15.2. The lowest BCUT2D eigenvalue weighted by Crippen LogP contribution is -2.36. The van der Waals surface area contributed by atoms with E-state index in [0.717, 1.165) is 12.8 Å². The molecule has 0 spiro atoms. The molecule has 2 rings (SSSR count). The molecule has 0 saturated carbocycles. The summed E-state index contributed by atoms with van der Waals surface area (Å²) in [4.78, 5) is 0. The van der Waals surface area contributed by atoms with Crippen LogP contribution in [0.15, 0.2) is 42.5 Å². The predicted octanol–water partition coefficient (Wildman–Crippen LogP) is 4.28. The van der Waals surface area contributed by atoms with Gasteiger partial charge in [0.05, 0.1) is 0 Å². The second kappa shape index (κ2) is 5.80. The fraction of sp³-hybridized carbons (Fsp3) is 0.368. The Hall–Kier alpha value is -1.60. The van der Waals surface area contributed by atoms with E-state index in [1.54, 1.807) is 0 Å². The van der Waals surface area contributed by atoms with Gasteiger partial charge in [-0.25, -0.2) is 0 Å². The molecule has 0 amide bonds. The van der Waals surface area contributed by atoms with E-state index in [1.807, 2.05) is 0 Å². The van der Waals surface area contributed by atoms with Gasteiger partial charge < -0.3 is 5.73 Å². The third-order valence-electron chi connectivity index (χ3n) is 4.21. The van der Waals surface area contributed by atoms with Crippen LogP contribution in [-0.2, 0) is 18.4 Å². The van der Waals surface area contributed by atoms with Crippen molar-refractivity contribution in [3.05, 3.63) is 70.3 Å². The first-order chi connectivity index (χ1) is 9.44. The molecule has 2 N–H and O–H groups in total. The summed E-state index contributed by atoms with van der Waals surface area (Å²) in [6.45, 7) is 8.63. The zero-order chi connectivity index (χ0) is 14.8. The van der Waals surface area contributed by atoms with Crippen LogP contribution in [0.25, 0.3) is 0 Å². The van der Waals surface area contributed by atoms with Crippen molar-refractivity contribution in [1.29, 1.82) is 0 Å². The third kappa shape index (κ3) is 3.10. The highest BCUT2D eigenvalue weighted by Crippen LogP contribution is 2.26. The molecule has 1 unspecified atom stereocenters. The lowest BCUT2D eigenvalue weighted by atomic mass is 9.83. The first kappa shape index (κ1) is 14.8. The van der Waals surface area contributed by atoms with E-state index in [2.05, 4.69) is 70.2 Å². The van der Waals surface area contributed by atoms with E-state index >= 15 is 0 Å². The van der Waals surface area contributed by atoms with Crippen molar-refractivity contribution in [1.82, 2.24) is 0 Å². The molecule has 0 aliphatic carbocycles. The van der Waals surface area contributed by atoms with Gasteiger partial charge in [0.25, 0.3) is 0 Å². The highest BCUT2D eigenvalue weighted by Gasteiger charge is 2.23. The molecular weight excluding hydrogens is 242 g/mol. The molecule has 2 aromatic carbocycles. The first-order valence-electron chi connectivity index (χ1n) is 7.37. The normalized spacial score (nSPS) is 14.1. The Kier molecular flexibility index (Phi) is 4.29. The number of benzene rings is 2. The zero-order valence-corrected chi connectivity index (χ0v) is 13.0. The molecule has 1 atom stereocenters. The second-order valence-corrected chi connectivity index (χ2v) is 6.02. The Morgan fingerprint density at radius 1 is 0.950 bits per heavy atom. The fourth-order valence-electron chi connectivity index (χ4n) is 2.72. The van der Waals surface area contributed by atoms with Crippen molar-refractivity contribution in [2.45, 2.75) is 46.1 Å². The third-order valence-corrected chi connectivity index (χ3v) is 4.21. The van der Waals surface area contributed by atoms with Gasteiger partial charge in [-0.1, -0.05) is 49.4 Å². The van der Waals surface area contributed by atoms with Gasteiger partial charge in [0.15, 0.2) is 0 Å². The maximum atomic E-state index is 6.60. The van der Waals surface area contributed by atoms with Crippen LogP contribution in [0, 0.1) is 13.8 Å². The summed E-state index contributed by atoms with van der Waals surface area (Å²) in [5.41, 5.74) is 12.9. The van der Waals surface area contributed by atoms with E-state index in [4.69, 9.17) is 5.73 Å². The van der Waals surface area contributed by atoms with Crippen molar-refractivity contribution in [2.24, 2.45) is 5.73 Å². The molecule has 20 heavy (non-hydrogen) atoms. The standard InChI is InChI=1S/C19H25N/c1-5-16-9-11-17(12-10-16)19(4,20)13-18-14(2)7-6-8-15(18)3/h6-12H,5,13,20H2,1-4H3. The number of nitrogens with two attached hydrogens (primary N) is 1. The zero-order valence-electron chi connectivity index (χ0n) is 13.0. The number of hydrogen-bond acceptors (Lipinski definition) is 1. The summed E-state index contributed by atoms with van der Waals surface area (Å²) >= 11 is 0. The van der Waals surface area contributed by atoms with E-state index in [9.17, 15) is 0 Å². The van der Waals surface area contributed by atoms with Crippen molar-refractivity contribution in [3.8, 4) is 0 Å². The van der Waals surface area contributed by atoms with E-state index in [-0.39, 0.29) is 5.54 Å². The molecule has 0 aliphatic rings. The van der Waals surface area contributed by atoms with E-state index in [0.29, 0.717) is 0 Å². The van der Waals surface area contributed by atoms with E-state index in [1.165, 1.54) is 27.8 Å². The molecule has 1 heteroatoms. The molecule has 0 fully saturated rings. The van der Waals surface area contributed by atoms with Gasteiger partial charge in [-0.3, -0.25) is 0 Å². The summed E-state index contributed by atoms with van der Waals surface area (Å²) in [5.74, 6) is 0. The van der Waals surface area contributed by atoms with Crippen LogP contribution < -0.4 is 5.73 Å². The lowest BCUT2D eigenvalue weighted by molar-refractivity contribution is 0.489. The predicted molar refractivity (Wildman–Crippen MR) is 87.0 cm³/mol. The minimum absolute atomic E-state index is 0.330. The van der Waals surface area contributed by atoms with Crippen molar-refractivity contribution < 1.29 is 0 Å². The Labute approximate surface area is 122 Å². The van der Waals surface area contributed by atoms with Gasteiger partial charge in [0.1, 0.15) is 0 Å². The van der Waals surface area contributed by atoms with Gasteiger partial charge in [0.2, 0.25) is 0 Å². The van der Waals surface area contributed by atoms with Crippen molar-refractivity contribution >= 4 is 0 Å². The molecule has 106 valence electrons. The Morgan fingerprint density at radius 3 is 2.00 bits per heavy atom. The molecule has 0 aromatic heterocycles. The van der Waals surface area contributed by atoms with Crippen LogP contribution >= 0.6 is 0 Å². The van der Waals surface area contributed by atoms with Crippen molar-refractivity contribution in [2.75, 3.05) is 0 Å². The second-order valence-electron chi connectivity index (χ2n) is 6.02. The summed E-state index contributed by atoms with van der Waals surface area (Å²) in [5, 5.41) is 0. The SMILES string of the molecule is CCc1ccc(C(C)(N)Cc2c(C)cccc2C)cc1. The molecule has 2 aromatic rings.